The van der Waals surface area contributed by atoms with E-state index in [9.17, 15) is 9.59 Å². The first-order chi connectivity index (χ1) is 16.0. The second-order valence-electron chi connectivity index (χ2n) is 8.69. The van der Waals surface area contributed by atoms with E-state index >= 15 is 0 Å². The van der Waals surface area contributed by atoms with Crippen LogP contribution < -0.4 is 5.56 Å². The van der Waals surface area contributed by atoms with Gasteiger partial charge in [0.15, 0.2) is 5.16 Å². The van der Waals surface area contributed by atoms with Gasteiger partial charge in [0, 0.05) is 12.1 Å². The van der Waals surface area contributed by atoms with Gasteiger partial charge < -0.3 is 4.90 Å². The van der Waals surface area contributed by atoms with Crippen LogP contribution >= 0.6 is 11.8 Å². The molecule has 1 amide bonds. The molecule has 0 atom stereocenters. The minimum atomic E-state index is -0.187. The molecule has 4 rings (SSSR count). The van der Waals surface area contributed by atoms with Crippen LogP contribution in [0.25, 0.3) is 16.6 Å². The van der Waals surface area contributed by atoms with Gasteiger partial charge in [-0.3, -0.25) is 14.2 Å². The summed E-state index contributed by atoms with van der Waals surface area (Å²) in [5.41, 5.74) is 1.56. The zero-order valence-corrected chi connectivity index (χ0v) is 19.8. The third-order valence-corrected chi connectivity index (χ3v) is 7.06. The summed E-state index contributed by atoms with van der Waals surface area (Å²) in [6, 6.07) is 16.6. The molecule has 3 aromatic rings. The largest absolute Gasteiger partial charge is 0.337 e. The average Bonchev–Trinajstić information content (AvgIpc) is 2.83. The first-order valence-corrected chi connectivity index (χ1v) is 12.4. The molecule has 0 N–H and O–H groups in total. The molecule has 0 bridgehead atoms. The Labute approximate surface area is 198 Å². The smallest absolute Gasteiger partial charge is 0.266 e. The van der Waals surface area contributed by atoms with Gasteiger partial charge in [-0.05, 0) is 63.1 Å². The highest BCUT2D eigenvalue weighted by Gasteiger charge is 2.28. The number of rotatable bonds is 6. The fourth-order valence-corrected chi connectivity index (χ4v) is 5.48. The number of fused-ring (bicyclic) bond motifs is 1. The molecule has 0 radical (unpaired) electrons. The molecule has 1 aliphatic carbocycles. The molecule has 170 valence electrons. The summed E-state index contributed by atoms with van der Waals surface area (Å²) in [7, 11) is 0. The topological polar surface area (TPSA) is 79.0 Å². The number of hydrogen-bond donors (Lipinski definition) is 0. The van der Waals surface area contributed by atoms with E-state index in [2.05, 4.69) is 19.9 Å². The Balaban J connectivity index is 1.68. The highest BCUT2D eigenvalue weighted by molar-refractivity contribution is 7.99. The summed E-state index contributed by atoms with van der Waals surface area (Å²) in [5, 5.41) is 10.1. The van der Waals surface area contributed by atoms with E-state index < -0.39 is 0 Å². The number of nitriles is 1. The predicted molar refractivity (Wildman–Crippen MR) is 132 cm³/mol. The maximum Gasteiger partial charge on any atom is 0.266 e. The molecule has 1 aliphatic rings. The van der Waals surface area contributed by atoms with Crippen molar-refractivity contribution in [2.45, 2.75) is 63.2 Å². The molecule has 6 nitrogen and oxygen atoms in total. The van der Waals surface area contributed by atoms with Gasteiger partial charge in [0.25, 0.3) is 5.56 Å². The van der Waals surface area contributed by atoms with E-state index in [4.69, 9.17) is 10.2 Å². The second kappa shape index (κ2) is 10.2. The van der Waals surface area contributed by atoms with Crippen molar-refractivity contribution in [2.75, 3.05) is 5.75 Å². The van der Waals surface area contributed by atoms with E-state index in [1.54, 1.807) is 34.9 Å². The van der Waals surface area contributed by atoms with Crippen LogP contribution in [-0.2, 0) is 4.79 Å². The Morgan fingerprint density at radius 2 is 1.85 bits per heavy atom. The van der Waals surface area contributed by atoms with Crippen molar-refractivity contribution < 1.29 is 4.79 Å². The third-order valence-electron chi connectivity index (χ3n) is 6.14. The number of para-hydroxylation sites is 1. The van der Waals surface area contributed by atoms with Gasteiger partial charge in [0.05, 0.1) is 34.0 Å². The molecule has 1 aromatic heterocycles. The normalized spacial score (nSPS) is 14.4. The van der Waals surface area contributed by atoms with E-state index in [1.807, 2.05) is 23.1 Å². The Hall–Kier alpha value is -3.11. The highest BCUT2D eigenvalue weighted by atomic mass is 32.2. The first-order valence-electron chi connectivity index (χ1n) is 11.5. The van der Waals surface area contributed by atoms with Crippen LogP contribution in [-0.4, -0.2) is 38.2 Å². The molecular weight excluding hydrogens is 432 g/mol. The van der Waals surface area contributed by atoms with Gasteiger partial charge in [-0.2, -0.15) is 5.26 Å². The molecule has 2 aromatic carbocycles. The van der Waals surface area contributed by atoms with Crippen LogP contribution in [0.5, 0.6) is 0 Å². The van der Waals surface area contributed by atoms with Crippen LogP contribution in [0.3, 0.4) is 0 Å². The number of hydrogen-bond acceptors (Lipinski definition) is 5. The Morgan fingerprint density at radius 1 is 1.15 bits per heavy atom. The van der Waals surface area contributed by atoms with E-state index in [-0.39, 0.29) is 29.3 Å². The van der Waals surface area contributed by atoms with Crippen molar-refractivity contribution in [3.05, 3.63) is 64.4 Å². The van der Waals surface area contributed by atoms with E-state index in [1.165, 1.54) is 31.0 Å². The van der Waals surface area contributed by atoms with Gasteiger partial charge in [0.2, 0.25) is 5.91 Å². The predicted octanol–water partition coefficient (Wildman–Crippen LogP) is 4.92. The summed E-state index contributed by atoms with van der Waals surface area (Å²) in [6.07, 6.45) is 5.68. The summed E-state index contributed by atoms with van der Waals surface area (Å²) in [6.45, 7) is 4.14. The number of aromatic nitrogens is 2. The first kappa shape index (κ1) is 23.1. The number of carbonyl (C=O) groups excluding carboxylic acids is 1. The molecule has 1 heterocycles. The van der Waals surface area contributed by atoms with Crippen LogP contribution in [0.2, 0.25) is 0 Å². The second-order valence-corrected chi connectivity index (χ2v) is 9.63. The molecule has 33 heavy (non-hydrogen) atoms. The summed E-state index contributed by atoms with van der Waals surface area (Å²) in [5.74, 6) is 0.297. The van der Waals surface area contributed by atoms with Crippen molar-refractivity contribution >= 4 is 28.6 Å². The highest BCUT2D eigenvalue weighted by Crippen LogP contribution is 2.27. The number of thioether (sulfide) groups is 1. The molecular formula is C26H28N4O2S. The lowest BCUT2D eigenvalue weighted by Crippen LogP contribution is -2.46. The molecule has 1 saturated carbocycles. The fraction of sp³-hybridized carbons (Fsp3) is 0.385. The van der Waals surface area contributed by atoms with Crippen molar-refractivity contribution in [2.24, 2.45) is 0 Å². The molecule has 0 aliphatic heterocycles. The van der Waals surface area contributed by atoms with Crippen molar-refractivity contribution in [3.63, 3.8) is 0 Å². The van der Waals surface area contributed by atoms with E-state index in [0.717, 1.165) is 12.8 Å². The Morgan fingerprint density at radius 3 is 2.52 bits per heavy atom. The maximum atomic E-state index is 13.4. The zero-order chi connectivity index (χ0) is 23.4. The lowest BCUT2D eigenvalue weighted by atomic mass is 9.93. The summed E-state index contributed by atoms with van der Waals surface area (Å²) in [4.78, 5) is 33.4. The third kappa shape index (κ3) is 4.96. The van der Waals surface area contributed by atoms with Gasteiger partial charge in [0.1, 0.15) is 0 Å². The van der Waals surface area contributed by atoms with Crippen LogP contribution in [0.1, 0.15) is 51.5 Å². The number of carbonyl (C=O) groups is 1. The lowest BCUT2D eigenvalue weighted by molar-refractivity contribution is -0.133. The minimum absolute atomic E-state index is 0.0793. The standard InChI is InChI=1S/C26H28N4O2S/c1-18(2)29(20-8-4-3-5-9-20)24(31)17-33-26-28-23-11-7-6-10-22(23)25(32)30(26)21-14-12-19(16-27)13-15-21/h6-7,10-15,18,20H,3-5,8-9,17H2,1-2H3. The molecule has 0 unspecified atom stereocenters. The van der Waals surface area contributed by atoms with Crippen LogP contribution in [0.4, 0.5) is 0 Å². The number of benzene rings is 2. The zero-order valence-electron chi connectivity index (χ0n) is 19.0. The molecule has 7 heteroatoms. The average molecular weight is 461 g/mol. The molecule has 0 spiro atoms. The van der Waals surface area contributed by atoms with Gasteiger partial charge in [-0.1, -0.05) is 43.2 Å². The minimum Gasteiger partial charge on any atom is -0.337 e. The maximum absolute atomic E-state index is 13.4. The quantitative estimate of drug-likeness (QED) is 0.385. The SMILES string of the molecule is CC(C)N(C(=O)CSc1nc2ccccc2c(=O)n1-c1ccc(C#N)cc1)C1CCCCC1. The van der Waals surface area contributed by atoms with Crippen LogP contribution in [0.15, 0.2) is 58.5 Å². The summed E-state index contributed by atoms with van der Waals surface area (Å²) < 4.78 is 1.54. The van der Waals surface area contributed by atoms with Gasteiger partial charge in [-0.15, -0.1) is 0 Å². The molecule has 0 saturated heterocycles. The van der Waals surface area contributed by atoms with Crippen molar-refractivity contribution in [1.29, 1.82) is 5.26 Å². The van der Waals surface area contributed by atoms with Crippen LogP contribution in [0, 0.1) is 11.3 Å². The number of nitrogens with zero attached hydrogens (tertiary/aromatic N) is 4. The van der Waals surface area contributed by atoms with E-state index in [0.29, 0.717) is 27.3 Å². The Kier molecular flexibility index (Phi) is 7.14. The van der Waals surface area contributed by atoms with Gasteiger partial charge >= 0.3 is 0 Å². The number of amides is 1. The van der Waals surface area contributed by atoms with Crippen molar-refractivity contribution in [1.82, 2.24) is 14.5 Å². The monoisotopic (exact) mass is 460 g/mol. The van der Waals surface area contributed by atoms with Crippen molar-refractivity contribution in [3.8, 4) is 11.8 Å². The fourth-order valence-electron chi connectivity index (χ4n) is 4.60. The Bertz CT molecular complexity index is 1240. The summed E-state index contributed by atoms with van der Waals surface area (Å²) >= 11 is 1.29. The lowest BCUT2D eigenvalue weighted by Gasteiger charge is -2.37. The molecule has 1 fully saturated rings. The van der Waals surface area contributed by atoms with Gasteiger partial charge in [-0.25, -0.2) is 4.98 Å².